The maximum atomic E-state index is 4.50. The van der Waals surface area contributed by atoms with Crippen LogP contribution in [-0.2, 0) is 0 Å². The van der Waals surface area contributed by atoms with Gasteiger partial charge in [-0.25, -0.2) is 0 Å². The summed E-state index contributed by atoms with van der Waals surface area (Å²) in [6, 6.07) is 0.750. The molecule has 1 atom stereocenters. The molecule has 1 saturated carbocycles. The second kappa shape index (κ2) is 6.91. The van der Waals surface area contributed by atoms with Gasteiger partial charge in [0.1, 0.15) is 0 Å². The molecule has 2 nitrogen and oxygen atoms in total. The summed E-state index contributed by atoms with van der Waals surface area (Å²) in [4.78, 5) is 2.66. The Morgan fingerprint density at radius 1 is 1.00 bits per heavy atom. The average molecular weight is 254 g/mol. The monoisotopic (exact) mass is 254 g/mol. The fourth-order valence-electron chi connectivity index (χ4n) is 3.79. The lowest BCUT2D eigenvalue weighted by molar-refractivity contribution is 0.0821. The second-order valence-corrected chi connectivity index (χ2v) is 6.88. The topological polar surface area (TPSA) is 29.3 Å². The molecule has 1 unspecified atom stereocenters. The lowest BCUT2D eigenvalue weighted by Crippen LogP contribution is -2.42. The Bertz CT molecular complexity index is 227. The van der Waals surface area contributed by atoms with Gasteiger partial charge in [-0.2, -0.15) is 0 Å². The lowest BCUT2D eigenvalue weighted by Gasteiger charge is -2.41. The zero-order valence-corrected chi connectivity index (χ0v) is 13.2. The first-order chi connectivity index (χ1) is 8.52. The maximum absolute atomic E-state index is 4.50. The SMILES string of the molecule is CC(C)C1CCC2(CCN(C(C)C)CC2)C1.CN. The van der Waals surface area contributed by atoms with E-state index in [1.54, 1.807) is 0 Å². The summed E-state index contributed by atoms with van der Waals surface area (Å²) in [5.41, 5.74) is 5.25. The van der Waals surface area contributed by atoms with Gasteiger partial charge in [-0.05, 0) is 83.3 Å². The first-order valence-corrected chi connectivity index (χ1v) is 7.84. The molecular formula is C16H34N2. The summed E-state index contributed by atoms with van der Waals surface area (Å²) in [6.45, 7) is 12.2. The van der Waals surface area contributed by atoms with Crippen molar-refractivity contribution in [3.63, 3.8) is 0 Å². The summed E-state index contributed by atoms with van der Waals surface area (Å²) in [7, 11) is 1.50. The zero-order valence-electron chi connectivity index (χ0n) is 13.2. The van der Waals surface area contributed by atoms with Crippen molar-refractivity contribution < 1.29 is 0 Å². The van der Waals surface area contributed by atoms with E-state index in [1.807, 2.05) is 0 Å². The first-order valence-electron chi connectivity index (χ1n) is 7.84. The third kappa shape index (κ3) is 3.71. The summed E-state index contributed by atoms with van der Waals surface area (Å²) in [6.07, 6.45) is 7.47. The van der Waals surface area contributed by atoms with Gasteiger partial charge in [0, 0.05) is 6.04 Å². The Morgan fingerprint density at radius 3 is 1.94 bits per heavy atom. The van der Waals surface area contributed by atoms with Crippen LogP contribution in [0.5, 0.6) is 0 Å². The maximum Gasteiger partial charge on any atom is 0.00385 e. The predicted molar refractivity (Wildman–Crippen MR) is 80.7 cm³/mol. The van der Waals surface area contributed by atoms with Gasteiger partial charge in [-0.15, -0.1) is 0 Å². The highest BCUT2D eigenvalue weighted by atomic mass is 15.2. The molecule has 0 aromatic heterocycles. The molecule has 108 valence electrons. The number of hydrogen-bond acceptors (Lipinski definition) is 2. The highest BCUT2D eigenvalue weighted by Gasteiger charge is 2.42. The smallest absolute Gasteiger partial charge is 0.00385 e. The highest BCUT2D eigenvalue weighted by Crippen LogP contribution is 2.50. The van der Waals surface area contributed by atoms with Gasteiger partial charge in [-0.1, -0.05) is 13.8 Å². The Morgan fingerprint density at radius 2 is 1.56 bits per heavy atom. The molecule has 1 aliphatic heterocycles. The molecule has 0 amide bonds. The molecule has 0 radical (unpaired) electrons. The van der Waals surface area contributed by atoms with Crippen molar-refractivity contribution in [2.75, 3.05) is 20.1 Å². The molecule has 1 heterocycles. The van der Waals surface area contributed by atoms with Gasteiger partial charge in [-0.3, -0.25) is 0 Å². The largest absolute Gasteiger partial charge is 0.333 e. The Hall–Kier alpha value is -0.0800. The first kappa shape index (κ1) is 16.0. The van der Waals surface area contributed by atoms with Crippen molar-refractivity contribution in [2.45, 2.75) is 65.8 Å². The van der Waals surface area contributed by atoms with E-state index in [-0.39, 0.29) is 0 Å². The van der Waals surface area contributed by atoms with E-state index in [1.165, 1.54) is 52.2 Å². The minimum absolute atomic E-state index is 0.750. The van der Waals surface area contributed by atoms with Crippen LogP contribution in [0.4, 0.5) is 0 Å². The van der Waals surface area contributed by atoms with Crippen molar-refractivity contribution in [1.82, 2.24) is 4.90 Å². The molecule has 1 aliphatic carbocycles. The van der Waals surface area contributed by atoms with Gasteiger partial charge >= 0.3 is 0 Å². The van der Waals surface area contributed by atoms with Gasteiger partial charge in [0.2, 0.25) is 0 Å². The third-order valence-electron chi connectivity index (χ3n) is 5.27. The molecule has 18 heavy (non-hydrogen) atoms. The van der Waals surface area contributed by atoms with Crippen LogP contribution in [0.2, 0.25) is 0 Å². The summed E-state index contributed by atoms with van der Waals surface area (Å²) in [5, 5.41) is 0. The number of likely N-dealkylation sites (tertiary alicyclic amines) is 1. The summed E-state index contributed by atoms with van der Waals surface area (Å²) in [5.74, 6) is 1.92. The van der Waals surface area contributed by atoms with Crippen LogP contribution in [0.15, 0.2) is 0 Å². The lowest BCUT2D eigenvalue weighted by atomic mass is 9.75. The van der Waals surface area contributed by atoms with Crippen molar-refractivity contribution in [1.29, 1.82) is 0 Å². The van der Waals surface area contributed by atoms with Gasteiger partial charge < -0.3 is 10.6 Å². The number of rotatable bonds is 2. The predicted octanol–water partition coefficient (Wildman–Crippen LogP) is 3.51. The Labute approximate surface area is 114 Å². The van der Waals surface area contributed by atoms with E-state index < -0.39 is 0 Å². The molecular weight excluding hydrogens is 220 g/mol. The molecule has 1 saturated heterocycles. The third-order valence-corrected chi connectivity index (χ3v) is 5.27. The Balaban J connectivity index is 0.000000771. The van der Waals surface area contributed by atoms with Crippen molar-refractivity contribution in [2.24, 2.45) is 23.0 Å². The average Bonchev–Trinajstić information content (AvgIpc) is 2.77. The van der Waals surface area contributed by atoms with Crippen LogP contribution >= 0.6 is 0 Å². The van der Waals surface area contributed by atoms with Gasteiger partial charge in [0.25, 0.3) is 0 Å². The number of nitrogens with zero attached hydrogens (tertiary/aromatic N) is 1. The van der Waals surface area contributed by atoms with Crippen LogP contribution in [0.3, 0.4) is 0 Å². The molecule has 0 bridgehead atoms. The van der Waals surface area contributed by atoms with Gasteiger partial charge in [0.15, 0.2) is 0 Å². The molecule has 1 spiro atoms. The van der Waals surface area contributed by atoms with E-state index in [9.17, 15) is 0 Å². The van der Waals surface area contributed by atoms with Gasteiger partial charge in [0.05, 0.1) is 0 Å². The fourth-order valence-corrected chi connectivity index (χ4v) is 3.79. The molecule has 0 aromatic carbocycles. The minimum atomic E-state index is 0.750. The zero-order chi connectivity index (χ0) is 13.8. The molecule has 2 rings (SSSR count). The molecule has 2 aliphatic rings. The van der Waals surface area contributed by atoms with Crippen LogP contribution in [0.25, 0.3) is 0 Å². The van der Waals surface area contributed by atoms with E-state index in [4.69, 9.17) is 0 Å². The van der Waals surface area contributed by atoms with Crippen molar-refractivity contribution in [3.8, 4) is 0 Å². The van der Waals surface area contributed by atoms with E-state index in [2.05, 4.69) is 38.3 Å². The molecule has 2 N–H and O–H groups in total. The number of piperidine rings is 1. The quantitative estimate of drug-likeness (QED) is 0.817. The van der Waals surface area contributed by atoms with Crippen LogP contribution in [0, 0.1) is 17.3 Å². The van der Waals surface area contributed by atoms with Crippen LogP contribution in [-0.4, -0.2) is 31.1 Å². The van der Waals surface area contributed by atoms with E-state index in [0.29, 0.717) is 0 Å². The standard InChI is InChI=1S/C15H29N.CH5N/c1-12(2)14-5-6-15(11-14)7-9-16(10-8-15)13(3)4;1-2/h12-14H,5-11H2,1-4H3;2H2,1H3. The minimum Gasteiger partial charge on any atom is -0.333 e. The molecule has 2 fully saturated rings. The van der Waals surface area contributed by atoms with E-state index in [0.717, 1.165) is 23.3 Å². The normalized spacial score (nSPS) is 27.7. The highest BCUT2D eigenvalue weighted by molar-refractivity contribution is 4.94. The fraction of sp³-hybridized carbons (Fsp3) is 1.00. The summed E-state index contributed by atoms with van der Waals surface area (Å²) < 4.78 is 0. The number of nitrogens with two attached hydrogens (primary N) is 1. The molecule has 2 heteroatoms. The summed E-state index contributed by atoms with van der Waals surface area (Å²) >= 11 is 0. The van der Waals surface area contributed by atoms with E-state index >= 15 is 0 Å². The second-order valence-electron chi connectivity index (χ2n) is 6.88. The van der Waals surface area contributed by atoms with Crippen LogP contribution in [0.1, 0.15) is 59.8 Å². The Kier molecular flexibility index (Phi) is 6.13. The molecule has 0 aromatic rings. The van der Waals surface area contributed by atoms with Crippen LogP contribution < -0.4 is 5.73 Å². The van der Waals surface area contributed by atoms with Crippen molar-refractivity contribution in [3.05, 3.63) is 0 Å². The van der Waals surface area contributed by atoms with Crippen molar-refractivity contribution >= 4 is 0 Å². The number of hydrogen-bond donors (Lipinski definition) is 1.